The smallest absolute Gasteiger partial charge is 0.170 e. The summed E-state index contributed by atoms with van der Waals surface area (Å²) in [5.74, 6) is -0.325. The number of rotatable bonds is 10. The number of hydrogen-bond acceptors (Lipinski definition) is 4. The second kappa shape index (κ2) is 24.7. The molecular weight excluding hydrogens is 717 g/mol. The molecule has 0 aliphatic heterocycles. The van der Waals surface area contributed by atoms with Crippen molar-refractivity contribution in [2.75, 3.05) is 0 Å². The van der Waals surface area contributed by atoms with E-state index in [1.54, 1.807) is 0 Å². The summed E-state index contributed by atoms with van der Waals surface area (Å²) in [6.07, 6.45) is 23.5. The first kappa shape index (κ1) is 48.2. The maximum atomic E-state index is 10.9. The molecule has 3 aromatic carbocycles. The molecule has 304 valence electrons. The lowest BCUT2D eigenvalue weighted by Gasteiger charge is -2.26. The summed E-state index contributed by atoms with van der Waals surface area (Å²) in [4.78, 5) is 1.56. The Balaban J connectivity index is 0.00000132. The summed E-state index contributed by atoms with van der Waals surface area (Å²) >= 11 is 1.46. The van der Waals surface area contributed by atoms with Gasteiger partial charge in [-0.25, -0.2) is 0 Å². The van der Waals surface area contributed by atoms with Gasteiger partial charge in [0, 0.05) is 10.4 Å². The van der Waals surface area contributed by atoms with Gasteiger partial charge in [0.05, 0.1) is 11.5 Å². The van der Waals surface area contributed by atoms with Crippen molar-refractivity contribution in [3.05, 3.63) is 158 Å². The molecule has 1 heterocycles. The topological polar surface area (TPSA) is 60.7 Å². The van der Waals surface area contributed by atoms with Crippen LogP contribution in [0.25, 0.3) is 51.5 Å². The Morgan fingerprint density at radius 1 is 0.807 bits per heavy atom. The molecule has 0 spiro atoms. The average molecular weight is 785 g/mol. The fourth-order valence-corrected chi connectivity index (χ4v) is 8.93. The van der Waals surface area contributed by atoms with E-state index in [-0.39, 0.29) is 18.1 Å². The molecule has 2 aliphatic rings. The van der Waals surface area contributed by atoms with E-state index in [1.165, 1.54) is 68.0 Å². The minimum Gasteiger partial charge on any atom is -0.509 e. The Morgan fingerprint density at radius 3 is 2.05 bits per heavy atom. The molecule has 2 aliphatic carbocycles. The van der Waals surface area contributed by atoms with Crippen LogP contribution in [0.15, 0.2) is 109 Å². The predicted molar refractivity (Wildman–Crippen MR) is 257 cm³/mol. The van der Waals surface area contributed by atoms with Gasteiger partial charge in [-0.05, 0) is 124 Å². The van der Waals surface area contributed by atoms with Gasteiger partial charge in [0.2, 0.25) is 0 Å². The van der Waals surface area contributed by atoms with Crippen LogP contribution >= 0.6 is 11.3 Å². The zero-order valence-corrected chi connectivity index (χ0v) is 37.3. The molecule has 0 radical (unpaired) electrons. The Bertz CT molecular complexity index is 2140. The lowest BCUT2D eigenvalue weighted by atomic mass is 9.78. The number of allylic oxidation sites excluding steroid dienone is 8. The molecule has 0 atom stereocenters. The van der Waals surface area contributed by atoms with Gasteiger partial charge in [-0.2, -0.15) is 0 Å². The van der Waals surface area contributed by atoms with Crippen LogP contribution in [-0.4, -0.2) is 15.3 Å². The van der Waals surface area contributed by atoms with Gasteiger partial charge in [-0.1, -0.05) is 153 Å². The third-order valence-electron chi connectivity index (χ3n) is 9.75. The van der Waals surface area contributed by atoms with Crippen LogP contribution in [0.2, 0.25) is 0 Å². The van der Waals surface area contributed by atoms with E-state index in [4.69, 9.17) is 0 Å². The normalized spacial score (nSPS) is 13.6. The van der Waals surface area contributed by atoms with Crippen LogP contribution in [0.1, 0.15) is 144 Å². The Kier molecular flexibility index (Phi) is 20.9. The van der Waals surface area contributed by atoms with Crippen molar-refractivity contribution >= 4 is 51.7 Å². The number of fused-ring (bicyclic) bond motifs is 2. The van der Waals surface area contributed by atoms with Crippen LogP contribution in [0.4, 0.5) is 0 Å². The molecule has 3 N–H and O–H groups in total. The molecule has 4 aromatic rings. The largest absolute Gasteiger partial charge is 0.509 e. The fraction of sp³-hybridized carbons (Fsp3) is 0.321. The lowest BCUT2D eigenvalue weighted by Crippen LogP contribution is -2.06. The van der Waals surface area contributed by atoms with Gasteiger partial charge < -0.3 is 15.3 Å². The molecule has 4 heteroatoms. The summed E-state index contributed by atoms with van der Waals surface area (Å²) in [5.41, 5.74) is 13.7. The van der Waals surface area contributed by atoms with Crippen molar-refractivity contribution in [3.8, 4) is 11.1 Å². The molecule has 0 bridgehead atoms. The monoisotopic (exact) mass is 784 g/mol. The molecule has 0 saturated heterocycles. The fourth-order valence-electron chi connectivity index (χ4n) is 7.49. The van der Waals surface area contributed by atoms with E-state index in [0.717, 1.165) is 59.2 Å². The molecule has 0 amide bonds. The predicted octanol–water partition coefficient (Wildman–Crippen LogP) is 16.4. The highest BCUT2D eigenvalue weighted by molar-refractivity contribution is 7.14. The van der Waals surface area contributed by atoms with Gasteiger partial charge in [0.25, 0.3) is 0 Å². The number of hydrogen-bond donors (Lipinski definition) is 3. The van der Waals surface area contributed by atoms with E-state index >= 15 is 0 Å². The molecule has 1 aromatic heterocycles. The van der Waals surface area contributed by atoms with E-state index < -0.39 is 0 Å². The second-order valence-electron chi connectivity index (χ2n) is 12.8. The molecule has 0 unspecified atom stereocenters. The number of aliphatic hydroxyl groups excluding tert-OH is 3. The zero-order valence-electron chi connectivity index (χ0n) is 36.5. The summed E-state index contributed by atoms with van der Waals surface area (Å²) in [5, 5.41) is 34.1. The van der Waals surface area contributed by atoms with Gasteiger partial charge >= 0.3 is 0 Å². The number of thiophene rings is 1. The van der Waals surface area contributed by atoms with Crippen molar-refractivity contribution < 1.29 is 15.3 Å². The standard InChI is InChI=1S/C45H46O3S.3C2H6.C2H4/c1-6-17-39(44-33(8-3)40(27-46)45(49-44)43(48)29(5)47)42-37-23-14-12-21-35(37)41(36-22-13-15-24-38(36)42)34-25-16-20-31(32(34)7-2)26-28(4)30-18-10-9-11-19-30;4*1-2/h7,10,12-14,16-23,25-26,46-48H,2,6,8-9,11,15,24,27H2,1,3-5H3;3*1-2H3;1-2H2/b28-26+,39-17-,43-29-;;;;. The molecule has 3 nitrogen and oxygen atoms in total. The van der Waals surface area contributed by atoms with Crippen LogP contribution in [-0.2, 0) is 19.4 Å². The van der Waals surface area contributed by atoms with Crippen molar-refractivity contribution in [1.82, 2.24) is 0 Å². The number of benzene rings is 3. The van der Waals surface area contributed by atoms with Crippen molar-refractivity contribution in [2.45, 2.75) is 114 Å². The third-order valence-corrected chi connectivity index (χ3v) is 11.1. The van der Waals surface area contributed by atoms with Crippen molar-refractivity contribution in [3.63, 3.8) is 0 Å². The van der Waals surface area contributed by atoms with Crippen LogP contribution in [0.3, 0.4) is 0 Å². The maximum Gasteiger partial charge on any atom is 0.170 e. The SMILES string of the molecule is C=C.C=Cc1c(/C=C(\C)C2=CCCC=C2)cccc1-c1c2c(c(/C(=C/CC)c3sc(/C(O)=C(\C)O)c(CO)c3CC)c3ccccc13)CCC=C2.CC.CC.CC. The van der Waals surface area contributed by atoms with Crippen molar-refractivity contribution in [2.24, 2.45) is 0 Å². The Hall–Kier alpha value is -4.90. The Labute approximate surface area is 349 Å². The van der Waals surface area contributed by atoms with Crippen LogP contribution < -0.4 is 0 Å². The van der Waals surface area contributed by atoms with Crippen LogP contribution in [0.5, 0.6) is 0 Å². The maximum absolute atomic E-state index is 10.9. The summed E-state index contributed by atoms with van der Waals surface area (Å²) in [6, 6.07) is 15.3. The quantitative estimate of drug-likeness (QED) is 0.111. The molecule has 0 fully saturated rings. The van der Waals surface area contributed by atoms with E-state index in [0.29, 0.717) is 16.9 Å². The van der Waals surface area contributed by atoms with Crippen LogP contribution in [0, 0.1) is 0 Å². The minimum atomic E-state index is -0.214. The zero-order chi connectivity index (χ0) is 42.7. The summed E-state index contributed by atoms with van der Waals surface area (Å²) in [7, 11) is 0. The molecule has 6 rings (SSSR count). The number of aliphatic hydroxyl groups is 3. The van der Waals surface area contributed by atoms with E-state index in [1.807, 2.05) is 47.6 Å². The first-order chi connectivity index (χ1) is 27.8. The van der Waals surface area contributed by atoms with Gasteiger partial charge in [0.1, 0.15) is 5.76 Å². The Morgan fingerprint density at radius 2 is 1.47 bits per heavy atom. The van der Waals surface area contributed by atoms with Crippen molar-refractivity contribution in [1.29, 1.82) is 0 Å². The highest BCUT2D eigenvalue weighted by atomic mass is 32.1. The molecule has 57 heavy (non-hydrogen) atoms. The lowest BCUT2D eigenvalue weighted by molar-refractivity contribution is 0.280. The summed E-state index contributed by atoms with van der Waals surface area (Å²) in [6.45, 7) is 30.0. The highest BCUT2D eigenvalue weighted by Gasteiger charge is 2.28. The molecule has 0 saturated carbocycles. The second-order valence-corrected chi connectivity index (χ2v) is 13.8. The third kappa shape index (κ3) is 10.5. The van der Waals surface area contributed by atoms with E-state index in [2.05, 4.69) is 126 Å². The molecular formula is C53H68O3S. The first-order valence-electron chi connectivity index (χ1n) is 20.9. The highest BCUT2D eigenvalue weighted by Crippen LogP contribution is 2.48. The van der Waals surface area contributed by atoms with E-state index in [9.17, 15) is 15.3 Å². The average Bonchev–Trinajstić information content (AvgIpc) is 3.66. The minimum absolute atomic E-state index is 0.152. The van der Waals surface area contributed by atoms with Gasteiger partial charge in [-0.15, -0.1) is 24.5 Å². The van der Waals surface area contributed by atoms with Gasteiger partial charge in [-0.3, -0.25) is 0 Å². The first-order valence-corrected chi connectivity index (χ1v) is 21.8. The van der Waals surface area contributed by atoms with Gasteiger partial charge in [0.15, 0.2) is 5.76 Å². The summed E-state index contributed by atoms with van der Waals surface area (Å²) < 4.78 is 0.